The molecular formula is C60H42N2Si. The number of benzene rings is 10. The Hall–Kier alpha value is -7.98. The van der Waals surface area contributed by atoms with Crippen molar-refractivity contribution in [2.24, 2.45) is 0 Å². The Morgan fingerprint density at radius 2 is 0.698 bits per heavy atom. The van der Waals surface area contributed by atoms with Gasteiger partial charge < -0.3 is 9.13 Å². The van der Waals surface area contributed by atoms with Crippen molar-refractivity contribution in [2.45, 2.75) is 0 Å². The smallest absolute Gasteiger partial charge is 0.181 e. The summed E-state index contributed by atoms with van der Waals surface area (Å²) in [6, 6.07) is 94.5. The fourth-order valence-electron chi connectivity index (χ4n) is 10.3. The van der Waals surface area contributed by atoms with E-state index < -0.39 is 8.07 Å². The Bertz CT molecular complexity index is 3480. The summed E-state index contributed by atoms with van der Waals surface area (Å²) < 4.78 is 5.10. The monoisotopic (exact) mass is 818 g/mol. The Morgan fingerprint density at radius 3 is 1.25 bits per heavy atom. The van der Waals surface area contributed by atoms with Gasteiger partial charge in [-0.3, -0.25) is 0 Å². The number of para-hydroxylation sites is 3. The fraction of sp³-hybridized carbons (Fsp3) is 0. The van der Waals surface area contributed by atoms with Crippen LogP contribution in [0.1, 0.15) is 0 Å². The standard InChI is InChI=1S/C60H42N2Si/c1-6-21-43(22-7-1)45-37-39-47(40-38-45)61-55-34-18-16-31-51(55)53-33-20-36-57(59(53)61)62-56-35-19-17-32-52(56)54-41-46(44-23-8-2-9-24-44)42-58(60(54)62)63(48-25-10-3-11-26-48,49-27-12-4-13-28-49)50-29-14-5-15-30-50/h1-42H. The fourth-order valence-corrected chi connectivity index (χ4v) is 15.3. The summed E-state index contributed by atoms with van der Waals surface area (Å²) in [5.74, 6) is 0. The molecule has 0 saturated heterocycles. The highest BCUT2D eigenvalue weighted by molar-refractivity contribution is 7.20. The van der Waals surface area contributed by atoms with Crippen molar-refractivity contribution in [1.82, 2.24) is 9.13 Å². The molecule has 12 rings (SSSR count). The minimum atomic E-state index is -3.10. The summed E-state index contributed by atoms with van der Waals surface area (Å²) in [5, 5.41) is 10.3. The third-order valence-corrected chi connectivity index (χ3v) is 17.8. The SMILES string of the molecule is c1ccc(-c2ccc(-n3c4ccccc4c4cccc(-n5c6ccccc6c6cc(-c7ccccc7)cc([Si](c7ccccc7)(c7ccccc7)c7ccccc7)c65)c43)cc2)cc1. The van der Waals surface area contributed by atoms with E-state index in [1.54, 1.807) is 0 Å². The van der Waals surface area contributed by atoms with Crippen molar-refractivity contribution >= 4 is 72.4 Å². The molecule has 12 aromatic rings. The molecule has 3 heteroatoms. The summed E-state index contributed by atoms with van der Waals surface area (Å²) >= 11 is 0. The quantitative estimate of drug-likeness (QED) is 0.107. The highest BCUT2D eigenvalue weighted by atomic mass is 28.3. The number of aromatic nitrogens is 2. The number of nitrogens with zero attached hydrogens (tertiary/aromatic N) is 2. The predicted octanol–water partition coefficient (Wildman–Crippen LogP) is 12.6. The molecule has 0 atom stereocenters. The van der Waals surface area contributed by atoms with Gasteiger partial charge in [-0.15, -0.1) is 0 Å². The van der Waals surface area contributed by atoms with Gasteiger partial charge in [0.2, 0.25) is 0 Å². The maximum Gasteiger partial charge on any atom is 0.181 e. The van der Waals surface area contributed by atoms with Crippen LogP contribution in [0.25, 0.3) is 77.2 Å². The maximum absolute atomic E-state index is 3.10. The molecule has 0 radical (unpaired) electrons. The summed E-state index contributed by atoms with van der Waals surface area (Å²) in [7, 11) is -3.10. The second-order valence-corrected chi connectivity index (χ2v) is 20.2. The highest BCUT2D eigenvalue weighted by Gasteiger charge is 2.44. The van der Waals surface area contributed by atoms with Gasteiger partial charge in [-0.25, -0.2) is 0 Å². The first kappa shape index (κ1) is 36.8. The van der Waals surface area contributed by atoms with Gasteiger partial charge in [0.25, 0.3) is 0 Å². The van der Waals surface area contributed by atoms with E-state index in [1.165, 1.54) is 86.6 Å². The normalized spacial score (nSPS) is 11.8. The first-order valence-electron chi connectivity index (χ1n) is 21.8. The van der Waals surface area contributed by atoms with Crippen LogP contribution < -0.4 is 20.7 Å². The number of hydrogen-bond donors (Lipinski definition) is 0. The van der Waals surface area contributed by atoms with Crippen LogP contribution in [0.2, 0.25) is 0 Å². The molecule has 296 valence electrons. The first-order chi connectivity index (χ1) is 31.3. The summed E-state index contributed by atoms with van der Waals surface area (Å²) in [6.45, 7) is 0. The molecule has 2 aromatic heterocycles. The van der Waals surface area contributed by atoms with Crippen LogP contribution in [0.4, 0.5) is 0 Å². The molecule has 0 saturated carbocycles. The molecule has 0 spiro atoms. The van der Waals surface area contributed by atoms with Gasteiger partial charge in [-0.05, 0) is 79.4 Å². The minimum absolute atomic E-state index is 1.13. The number of hydrogen-bond acceptors (Lipinski definition) is 0. The van der Waals surface area contributed by atoms with Gasteiger partial charge in [0.05, 0.1) is 27.8 Å². The van der Waals surface area contributed by atoms with Crippen LogP contribution >= 0.6 is 0 Å². The van der Waals surface area contributed by atoms with E-state index >= 15 is 0 Å². The van der Waals surface area contributed by atoms with E-state index in [-0.39, 0.29) is 0 Å². The molecule has 0 aliphatic heterocycles. The van der Waals surface area contributed by atoms with Gasteiger partial charge in [0.15, 0.2) is 8.07 Å². The molecular weight excluding hydrogens is 777 g/mol. The Labute approximate surface area is 368 Å². The van der Waals surface area contributed by atoms with Gasteiger partial charge in [-0.2, -0.15) is 0 Å². The number of rotatable bonds is 8. The van der Waals surface area contributed by atoms with E-state index in [2.05, 4.69) is 264 Å². The van der Waals surface area contributed by atoms with Crippen LogP contribution in [-0.4, -0.2) is 17.2 Å². The third kappa shape index (κ3) is 5.85. The Balaban J connectivity index is 1.27. The molecule has 0 aliphatic rings. The van der Waals surface area contributed by atoms with E-state index in [9.17, 15) is 0 Å². The van der Waals surface area contributed by atoms with E-state index in [0.29, 0.717) is 0 Å². The van der Waals surface area contributed by atoms with E-state index in [4.69, 9.17) is 0 Å². The summed E-state index contributed by atoms with van der Waals surface area (Å²) in [5.41, 5.74) is 11.9. The van der Waals surface area contributed by atoms with Crippen molar-refractivity contribution in [1.29, 1.82) is 0 Å². The largest absolute Gasteiger partial charge is 0.307 e. The average molecular weight is 819 g/mol. The molecule has 0 amide bonds. The van der Waals surface area contributed by atoms with Gasteiger partial charge in [-0.1, -0.05) is 218 Å². The minimum Gasteiger partial charge on any atom is -0.307 e. The van der Waals surface area contributed by atoms with Crippen molar-refractivity contribution < 1.29 is 0 Å². The van der Waals surface area contributed by atoms with Crippen molar-refractivity contribution in [2.75, 3.05) is 0 Å². The molecule has 0 bridgehead atoms. The lowest BCUT2D eigenvalue weighted by atomic mass is 10.0. The van der Waals surface area contributed by atoms with Gasteiger partial charge >= 0.3 is 0 Å². The lowest BCUT2D eigenvalue weighted by Crippen LogP contribution is -2.75. The lowest BCUT2D eigenvalue weighted by molar-refractivity contribution is 1.13. The van der Waals surface area contributed by atoms with Crippen LogP contribution in [-0.2, 0) is 0 Å². The van der Waals surface area contributed by atoms with Gasteiger partial charge in [0, 0.05) is 27.2 Å². The zero-order valence-electron chi connectivity index (χ0n) is 34.6. The first-order valence-corrected chi connectivity index (χ1v) is 23.8. The molecule has 10 aromatic carbocycles. The van der Waals surface area contributed by atoms with E-state index in [1.807, 2.05) is 0 Å². The second-order valence-electron chi connectivity index (χ2n) is 16.4. The second kappa shape index (κ2) is 15.2. The molecule has 63 heavy (non-hydrogen) atoms. The maximum atomic E-state index is 2.61. The lowest BCUT2D eigenvalue weighted by Gasteiger charge is -2.35. The number of fused-ring (bicyclic) bond motifs is 6. The van der Waals surface area contributed by atoms with Crippen molar-refractivity contribution in [3.63, 3.8) is 0 Å². The van der Waals surface area contributed by atoms with Crippen LogP contribution in [0.5, 0.6) is 0 Å². The highest BCUT2D eigenvalue weighted by Crippen LogP contribution is 2.41. The van der Waals surface area contributed by atoms with Crippen LogP contribution in [0.3, 0.4) is 0 Å². The summed E-state index contributed by atoms with van der Waals surface area (Å²) in [4.78, 5) is 0. The van der Waals surface area contributed by atoms with Gasteiger partial charge in [0.1, 0.15) is 0 Å². The predicted molar refractivity (Wildman–Crippen MR) is 270 cm³/mol. The molecule has 2 heterocycles. The molecule has 0 fully saturated rings. The Kier molecular flexibility index (Phi) is 8.87. The molecule has 2 nitrogen and oxygen atoms in total. The zero-order chi connectivity index (χ0) is 41.7. The van der Waals surface area contributed by atoms with Crippen LogP contribution in [0.15, 0.2) is 255 Å². The summed E-state index contributed by atoms with van der Waals surface area (Å²) in [6.07, 6.45) is 0. The Morgan fingerprint density at radius 1 is 0.270 bits per heavy atom. The molecule has 0 N–H and O–H groups in total. The van der Waals surface area contributed by atoms with Crippen LogP contribution in [0, 0.1) is 0 Å². The van der Waals surface area contributed by atoms with Crippen molar-refractivity contribution in [3.8, 4) is 33.6 Å². The topological polar surface area (TPSA) is 9.86 Å². The average Bonchev–Trinajstić information content (AvgIpc) is 3.89. The van der Waals surface area contributed by atoms with Crippen molar-refractivity contribution in [3.05, 3.63) is 255 Å². The zero-order valence-corrected chi connectivity index (χ0v) is 35.6. The molecule has 0 aliphatic carbocycles. The van der Waals surface area contributed by atoms with E-state index in [0.717, 1.165) is 11.4 Å². The molecule has 0 unspecified atom stereocenters. The third-order valence-electron chi connectivity index (χ3n) is 13.0.